The van der Waals surface area contributed by atoms with Crippen molar-refractivity contribution in [3.8, 4) is 11.5 Å². The molecule has 134 valence electrons. The summed E-state index contributed by atoms with van der Waals surface area (Å²) >= 11 is 0. The van der Waals surface area contributed by atoms with Crippen molar-refractivity contribution in [2.24, 2.45) is 0 Å². The predicted octanol–water partition coefficient (Wildman–Crippen LogP) is 5.51. The summed E-state index contributed by atoms with van der Waals surface area (Å²) in [6, 6.07) is 10.5. The predicted molar refractivity (Wildman–Crippen MR) is 102 cm³/mol. The molecule has 3 nitrogen and oxygen atoms in total. The van der Waals surface area contributed by atoms with Crippen LogP contribution in [0.3, 0.4) is 0 Å². The number of hydrogen-bond donors (Lipinski definition) is 1. The lowest BCUT2D eigenvalue weighted by Gasteiger charge is -2.28. The van der Waals surface area contributed by atoms with E-state index in [1.807, 2.05) is 6.07 Å². The van der Waals surface area contributed by atoms with Gasteiger partial charge in [-0.05, 0) is 47.1 Å². The lowest BCUT2D eigenvalue weighted by atomic mass is 9.79. The van der Waals surface area contributed by atoms with Gasteiger partial charge in [0.2, 0.25) is 0 Å². The van der Waals surface area contributed by atoms with Crippen LogP contribution < -0.4 is 4.74 Å². The summed E-state index contributed by atoms with van der Waals surface area (Å²) in [5.41, 5.74) is 3.23. The van der Waals surface area contributed by atoms with E-state index in [9.17, 15) is 9.90 Å². The van der Waals surface area contributed by atoms with Gasteiger partial charge in [-0.15, -0.1) is 0 Å². The third kappa shape index (κ3) is 4.22. The molecular weight excluding hydrogens is 312 g/mol. The van der Waals surface area contributed by atoms with Crippen molar-refractivity contribution < 1.29 is 14.6 Å². The number of benzene rings is 2. The summed E-state index contributed by atoms with van der Waals surface area (Å²) in [6.45, 7) is 14.8. The van der Waals surface area contributed by atoms with E-state index in [1.54, 1.807) is 18.2 Å². The highest BCUT2D eigenvalue weighted by Gasteiger charge is 2.26. The van der Waals surface area contributed by atoms with E-state index in [0.29, 0.717) is 5.75 Å². The fourth-order valence-corrected chi connectivity index (χ4v) is 2.97. The topological polar surface area (TPSA) is 46.5 Å². The monoisotopic (exact) mass is 340 g/mol. The van der Waals surface area contributed by atoms with Crippen molar-refractivity contribution in [3.05, 3.63) is 58.7 Å². The van der Waals surface area contributed by atoms with Crippen molar-refractivity contribution in [3.63, 3.8) is 0 Å². The second-order valence-electron chi connectivity index (χ2n) is 8.57. The molecule has 2 rings (SSSR count). The number of carbonyl (C=O) groups excluding carboxylic acids is 1. The molecule has 0 radical (unpaired) electrons. The van der Waals surface area contributed by atoms with E-state index in [4.69, 9.17) is 4.74 Å². The van der Waals surface area contributed by atoms with Gasteiger partial charge in [0.15, 0.2) is 0 Å². The van der Waals surface area contributed by atoms with Gasteiger partial charge < -0.3 is 9.84 Å². The number of rotatable bonds is 2. The SMILES string of the molecule is Cc1cc(C(C)(C)C)c(OC(=O)c2ccccc2O)cc1C(C)(C)C. The molecular formula is C22H28O3. The van der Waals surface area contributed by atoms with Gasteiger partial charge in [0.05, 0.1) is 0 Å². The first-order valence-corrected chi connectivity index (χ1v) is 8.57. The van der Waals surface area contributed by atoms with Crippen LogP contribution in [-0.4, -0.2) is 11.1 Å². The normalized spacial score (nSPS) is 12.1. The first-order chi connectivity index (χ1) is 11.4. The molecule has 2 aromatic rings. The standard InChI is InChI=1S/C22H28O3/c1-14-12-17(22(5,6)7)19(13-16(14)21(2,3)4)25-20(24)15-10-8-9-11-18(15)23/h8-13,23H,1-7H3. The molecule has 0 bridgehead atoms. The molecule has 1 N–H and O–H groups in total. The van der Waals surface area contributed by atoms with Gasteiger partial charge in [-0.25, -0.2) is 4.79 Å². The number of phenolic OH excluding ortho intramolecular Hbond substituents is 1. The second kappa shape index (κ2) is 6.55. The van der Waals surface area contributed by atoms with Crippen molar-refractivity contribution >= 4 is 5.97 Å². The number of phenols is 1. The first kappa shape index (κ1) is 19.0. The molecule has 0 aliphatic heterocycles. The van der Waals surface area contributed by atoms with E-state index in [-0.39, 0.29) is 22.1 Å². The van der Waals surface area contributed by atoms with Crippen LogP contribution in [0, 0.1) is 6.92 Å². The first-order valence-electron chi connectivity index (χ1n) is 8.57. The molecule has 2 aromatic carbocycles. The Balaban J connectivity index is 2.55. The molecule has 0 unspecified atom stereocenters. The minimum absolute atomic E-state index is 0.0590. The van der Waals surface area contributed by atoms with Gasteiger partial charge in [0, 0.05) is 5.56 Å². The summed E-state index contributed by atoms with van der Waals surface area (Å²) < 4.78 is 5.73. The Morgan fingerprint density at radius 1 is 0.920 bits per heavy atom. The van der Waals surface area contributed by atoms with Gasteiger partial charge in [-0.2, -0.15) is 0 Å². The Hall–Kier alpha value is -2.29. The average Bonchev–Trinajstić information content (AvgIpc) is 2.46. The summed E-state index contributed by atoms with van der Waals surface area (Å²) in [5.74, 6) is -0.0726. The van der Waals surface area contributed by atoms with Gasteiger partial charge >= 0.3 is 5.97 Å². The van der Waals surface area contributed by atoms with E-state index in [2.05, 4.69) is 54.5 Å². The molecule has 0 aromatic heterocycles. The van der Waals surface area contributed by atoms with E-state index in [0.717, 1.165) is 11.1 Å². The van der Waals surface area contributed by atoms with Gasteiger partial charge in [-0.1, -0.05) is 59.7 Å². The molecule has 0 fully saturated rings. The smallest absolute Gasteiger partial charge is 0.347 e. The molecule has 0 saturated heterocycles. The van der Waals surface area contributed by atoms with Crippen LogP contribution >= 0.6 is 0 Å². The van der Waals surface area contributed by atoms with Crippen LogP contribution in [0.15, 0.2) is 36.4 Å². The highest BCUT2D eigenvalue weighted by atomic mass is 16.5. The van der Waals surface area contributed by atoms with Gasteiger partial charge in [-0.3, -0.25) is 0 Å². The summed E-state index contributed by atoms with van der Waals surface area (Å²) in [6.07, 6.45) is 0. The van der Waals surface area contributed by atoms with Crippen LogP contribution in [0.25, 0.3) is 0 Å². The van der Waals surface area contributed by atoms with E-state index in [1.165, 1.54) is 11.6 Å². The van der Waals surface area contributed by atoms with Crippen LogP contribution in [0.2, 0.25) is 0 Å². The fraction of sp³-hybridized carbons (Fsp3) is 0.409. The number of ether oxygens (including phenoxy) is 1. The zero-order valence-electron chi connectivity index (χ0n) is 16.2. The number of aromatic hydroxyl groups is 1. The summed E-state index contributed by atoms with van der Waals surface area (Å²) in [4.78, 5) is 12.6. The minimum Gasteiger partial charge on any atom is -0.507 e. The Bertz CT molecular complexity index is 790. The highest BCUT2D eigenvalue weighted by molar-refractivity contribution is 5.94. The van der Waals surface area contributed by atoms with Crippen molar-refractivity contribution in [2.75, 3.05) is 0 Å². The minimum atomic E-state index is -0.549. The number of carbonyl (C=O) groups is 1. The lowest BCUT2D eigenvalue weighted by Crippen LogP contribution is -2.20. The molecule has 0 aliphatic carbocycles. The molecule has 25 heavy (non-hydrogen) atoms. The Morgan fingerprint density at radius 2 is 1.48 bits per heavy atom. The lowest BCUT2D eigenvalue weighted by molar-refractivity contribution is 0.0728. The molecule has 0 atom stereocenters. The van der Waals surface area contributed by atoms with E-state index < -0.39 is 5.97 Å². The molecule has 0 saturated carbocycles. The number of aryl methyl sites for hydroxylation is 1. The largest absolute Gasteiger partial charge is 0.507 e. The molecule has 3 heteroatoms. The van der Waals surface area contributed by atoms with Crippen molar-refractivity contribution in [1.82, 2.24) is 0 Å². The fourth-order valence-electron chi connectivity index (χ4n) is 2.97. The van der Waals surface area contributed by atoms with Crippen LogP contribution in [0.4, 0.5) is 0 Å². The Morgan fingerprint density at radius 3 is 2.00 bits per heavy atom. The highest BCUT2D eigenvalue weighted by Crippen LogP contribution is 2.38. The Kier molecular flexibility index (Phi) is 4.99. The summed E-state index contributed by atoms with van der Waals surface area (Å²) in [5, 5.41) is 9.92. The number of hydrogen-bond acceptors (Lipinski definition) is 3. The zero-order chi connectivity index (χ0) is 19.0. The van der Waals surface area contributed by atoms with Crippen molar-refractivity contribution in [2.45, 2.75) is 59.3 Å². The molecule has 0 amide bonds. The third-order valence-electron chi connectivity index (χ3n) is 4.27. The Labute approximate surface area is 150 Å². The number of esters is 1. The average molecular weight is 340 g/mol. The van der Waals surface area contributed by atoms with Crippen LogP contribution in [-0.2, 0) is 10.8 Å². The maximum atomic E-state index is 12.6. The second-order valence-corrected chi connectivity index (χ2v) is 8.57. The van der Waals surface area contributed by atoms with Crippen molar-refractivity contribution in [1.29, 1.82) is 0 Å². The molecule has 0 aliphatic rings. The van der Waals surface area contributed by atoms with E-state index >= 15 is 0 Å². The zero-order valence-corrected chi connectivity index (χ0v) is 16.2. The summed E-state index contributed by atoms with van der Waals surface area (Å²) in [7, 11) is 0. The molecule has 0 heterocycles. The van der Waals surface area contributed by atoms with Gasteiger partial charge in [0.25, 0.3) is 0 Å². The third-order valence-corrected chi connectivity index (χ3v) is 4.27. The van der Waals surface area contributed by atoms with Crippen LogP contribution in [0.5, 0.6) is 11.5 Å². The molecule has 0 spiro atoms. The quantitative estimate of drug-likeness (QED) is 0.579. The van der Waals surface area contributed by atoms with Gasteiger partial charge in [0.1, 0.15) is 17.1 Å². The maximum Gasteiger partial charge on any atom is 0.347 e. The number of para-hydroxylation sites is 1. The maximum absolute atomic E-state index is 12.6. The van der Waals surface area contributed by atoms with Crippen LogP contribution in [0.1, 0.15) is 68.6 Å².